The molecule has 2 aromatic rings. The van der Waals surface area contributed by atoms with Gasteiger partial charge in [0.05, 0.1) is 11.8 Å². The van der Waals surface area contributed by atoms with Crippen LogP contribution in [0.5, 0.6) is 0 Å². The Kier molecular flexibility index (Phi) is 7.33. The summed E-state index contributed by atoms with van der Waals surface area (Å²) in [7, 11) is 0. The Morgan fingerprint density at radius 2 is 1.80 bits per heavy atom. The van der Waals surface area contributed by atoms with Gasteiger partial charge in [-0.1, -0.05) is 72.7 Å². The fraction of sp³-hybridized carbons (Fsp3) is 0.423. The molecule has 4 rings (SSSR count). The molecule has 0 radical (unpaired) electrons. The van der Waals surface area contributed by atoms with Gasteiger partial charge in [-0.3, -0.25) is 4.90 Å². The van der Waals surface area contributed by atoms with Gasteiger partial charge in [0.15, 0.2) is 6.23 Å². The molecule has 0 spiro atoms. The molecule has 1 saturated heterocycles. The Hall–Kier alpha value is -2.43. The molecule has 158 valence electrons. The standard InChI is InChI=1S/C26H33N3O/c1-2-26(29-18-17-27-20-25(29)22-13-7-4-8-14-22)30-28-24-16-10-9-15-23(24)19-21-11-5-3-6-12-21/h3-8,11-14,19,25-27H,2,9-10,15-18,20H2,1H3/b23-19+,28-24+. The maximum atomic E-state index is 6.24. The van der Waals surface area contributed by atoms with E-state index in [9.17, 15) is 0 Å². The molecule has 1 aliphatic heterocycles. The van der Waals surface area contributed by atoms with E-state index in [2.05, 4.69) is 83.9 Å². The lowest BCUT2D eigenvalue weighted by Gasteiger charge is -2.40. The summed E-state index contributed by atoms with van der Waals surface area (Å²) in [6.07, 6.45) is 7.67. The van der Waals surface area contributed by atoms with Crippen molar-refractivity contribution in [2.45, 2.75) is 51.3 Å². The third-order valence-electron chi connectivity index (χ3n) is 6.09. The summed E-state index contributed by atoms with van der Waals surface area (Å²) in [5.74, 6) is 0. The average molecular weight is 404 g/mol. The van der Waals surface area contributed by atoms with Crippen LogP contribution in [0.3, 0.4) is 0 Å². The molecule has 0 amide bonds. The van der Waals surface area contributed by atoms with Crippen LogP contribution >= 0.6 is 0 Å². The number of nitrogens with one attached hydrogen (secondary N) is 1. The maximum absolute atomic E-state index is 6.24. The topological polar surface area (TPSA) is 36.9 Å². The highest BCUT2D eigenvalue weighted by molar-refractivity contribution is 6.03. The third kappa shape index (κ3) is 5.18. The summed E-state index contributed by atoms with van der Waals surface area (Å²) in [6.45, 7) is 5.09. The molecule has 2 atom stereocenters. The first-order valence-corrected chi connectivity index (χ1v) is 11.3. The molecule has 30 heavy (non-hydrogen) atoms. The van der Waals surface area contributed by atoms with Gasteiger partial charge in [-0.15, -0.1) is 0 Å². The molecule has 2 fully saturated rings. The van der Waals surface area contributed by atoms with Crippen LogP contribution < -0.4 is 5.32 Å². The number of piperazine rings is 1. The van der Waals surface area contributed by atoms with E-state index in [1.807, 2.05) is 0 Å². The lowest BCUT2D eigenvalue weighted by atomic mass is 9.91. The van der Waals surface area contributed by atoms with Crippen molar-refractivity contribution in [2.75, 3.05) is 19.6 Å². The monoisotopic (exact) mass is 403 g/mol. The van der Waals surface area contributed by atoms with Gasteiger partial charge in [-0.2, -0.15) is 0 Å². The van der Waals surface area contributed by atoms with Gasteiger partial charge in [0.2, 0.25) is 0 Å². The molecule has 1 N–H and O–H groups in total. The minimum atomic E-state index is -0.00953. The summed E-state index contributed by atoms with van der Waals surface area (Å²) >= 11 is 0. The summed E-state index contributed by atoms with van der Waals surface area (Å²) < 4.78 is 0. The van der Waals surface area contributed by atoms with Gasteiger partial charge < -0.3 is 10.2 Å². The zero-order chi connectivity index (χ0) is 20.6. The van der Waals surface area contributed by atoms with Gasteiger partial charge >= 0.3 is 0 Å². The summed E-state index contributed by atoms with van der Waals surface area (Å²) in [4.78, 5) is 8.71. The van der Waals surface area contributed by atoms with Crippen LogP contribution in [-0.4, -0.2) is 36.5 Å². The van der Waals surface area contributed by atoms with Crippen molar-refractivity contribution in [3.05, 3.63) is 77.4 Å². The van der Waals surface area contributed by atoms with E-state index in [0.717, 1.165) is 44.6 Å². The van der Waals surface area contributed by atoms with Crippen molar-refractivity contribution in [3.63, 3.8) is 0 Å². The SMILES string of the molecule is CCC(O/N=C1\CCCC\C1=C/c1ccccc1)N1CCNCC1c1ccccc1. The molecule has 4 nitrogen and oxygen atoms in total. The molecule has 2 aromatic carbocycles. The zero-order valence-corrected chi connectivity index (χ0v) is 18.0. The van der Waals surface area contributed by atoms with Crippen LogP contribution in [-0.2, 0) is 4.84 Å². The van der Waals surface area contributed by atoms with E-state index in [4.69, 9.17) is 9.99 Å². The van der Waals surface area contributed by atoms with Crippen LogP contribution in [0.2, 0.25) is 0 Å². The van der Waals surface area contributed by atoms with Gasteiger partial charge in [-0.25, -0.2) is 0 Å². The second-order valence-corrected chi connectivity index (χ2v) is 8.16. The lowest BCUT2D eigenvalue weighted by molar-refractivity contribution is -0.0874. The number of oxime groups is 1. The largest absolute Gasteiger partial charge is 0.376 e. The van der Waals surface area contributed by atoms with E-state index >= 15 is 0 Å². The molecule has 0 bridgehead atoms. The second kappa shape index (κ2) is 10.6. The van der Waals surface area contributed by atoms with Gasteiger partial charge in [0.1, 0.15) is 0 Å². The van der Waals surface area contributed by atoms with Crippen molar-refractivity contribution < 1.29 is 4.84 Å². The fourth-order valence-electron chi connectivity index (χ4n) is 4.47. The van der Waals surface area contributed by atoms with E-state index in [0.29, 0.717) is 6.04 Å². The van der Waals surface area contributed by atoms with Crippen molar-refractivity contribution in [3.8, 4) is 0 Å². The van der Waals surface area contributed by atoms with Crippen LogP contribution in [0.25, 0.3) is 6.08 Å². The van der Waals surface area contributed by atoms with Crippen LogP contribution in [0.4, 0.5) is 0 Å². The second-order valence-electron chi connectivity index (χ2n) is 8.16. The highest BCUT2D eigenvalue weighted by Gasteiger charge is 2.30. The van der Waals surface area contributed by atoms with E-state index in [-0.39, 0.29) is 6.23 Å². The molecule has 4 heteroatoms. The normalized spacial score (nSPS) is 24.1. The summed E-state index contributed by atoms with van der Waals surface area (Å²) in [5, 5.41) is 8.26. The fourth-order valence-corrected chi connectivity index (χ4v) is 4.47. The van der Waals surface area contributed by atoms with E-state index < -0.39 is 0 Å². The van der Waals surface area contributed by atoms with E-state index in [1.54, 1.807) is 0 Å². The predicted molar refractivity (Wildman–Crippen MR) is 124 cm³/mol. The number of rotatable bonds is 6. The van der Waals surface area contributed by atoms with Gasteiger partial charge in [0, 0.05) is 19.6 Å². The number of nitrogens with zero attached hydrogens (tertiary/aromatic N) is 2. The summed E-state index contributed by atoms with van der Waals surface area (Å²) in [5.41, 5.74) is 5.01. The quantitative estimate of drug-likeness (QED) is 0.656. The Labute approximate surface area is 180 Å². The number of hydrogen-bond acceptors (Lipinski definition) is 4. The van der Waals surface area contributed by atoms with E-state index in [1.165, 1.54) is 29.5 Å². The van der Waals surface area contributed by atoms with Crippen molar-refractivity contribution in [1.29, 1.82) is 0 Å². The first-order valence-electron chi connectivity index (χ1n) is 11.3. The molecular formula is C26H33N3O. The van der Waals surface area contributed by atoms with Gasteiger partial charge in [-0.05, 0) is 54.9 Å². The first-order chi connectivity index (χ1) is 14.8. The number of allylic oxidation sites excluding steroid dienone is 1. The molecule has 1 saturated carbocycles. The molecule has 1 heterocycles. The molecule has 0 aromatic heterocycles. The molecular weight excluding hydrogens is 370 g/mol. The summed E-state index contributed by atoms with van der Waals surface area (Å²) in [6, 6.07) is 21.6. The van der Waals surface area contributed by atoms with Crippen LogP contribution in [0.15, 0.2) is 71.4 Å². The Morgan fingerprint density at radius 1 is 1.07 bits per heavy atom. The van der Waals surface area contributed by atoms with Crippen LogP contribution in [0, 0.1) is 0 Å². The highest BCUT2D eigenvalue weighted by Crippen LogP contribution is 2.28. The maximum Gasteiger partial charge on any atom is 0.181 e. The first kappa shape index (κ1) is 20.8. The predicted octanol–water partition coefficient (Wildman–Crippen LogP) is 5.40. The molecule has 2 aliphatic rings. The number of hydrogen-bond donors (Lipinski definition) is 1. The minimum Gasteiger partial charge on any atom is -0.376 e. The van der Waals surface area contributed by atoms with Crippen LogP contribution in [0.1, 0.15) is 56.2 Å². The Balaban J connectivity index is 1.51. The molecule has 1 aliphatic carbocycles. The smallest absolute Gasteiger partial charge is 0.181 e. The highest BCUT2D eigenvalue weighted by atomic mass is 16.6. The number of benzene rings is 2. The minimum absolute atomic E-state index is 0.00953. The van der Waals surface area contributed by atoms with Crippen molar-refractivity contribution in [2.24, 2.45) is 5.16 Å². The Morgan fingerprint density at radius 3 is 2.57 bits per heavy atom. The average Bonchev–Trinajstić information content (AvgIpc) is 2.82. The zero-order valence-electron chi connectivity index (χ0n) is 18.0. The van der Waals surface area contributed by atoms with Crippen molar-refractivity contribution >= 4 is 11.8 Å². The van der Waals surface area contributed by atoms with Gasteiger partial charge in [0.25, 0.3) is 0 Å². The van der Waals surface area contributed by atoms with Crippen molar-refractivity contribution in [1.82, 2.24) is 10.2 Å². The Bertz CT molecular complexity index is 847. The third-order valence-corrected chi connectivity index (χ3v) is 6.09. The molecule has 2 unspecified atom stereocenters. The lowest BCUT2D eigenvalue weighted by Crippen LogP contribution is -2.50.